The van der Waals surface area contributed by atoms with Gasteiger partial charge in [-0.3, -0.25) is 15.3 Å². The second-order valence-corrected chi connectivity index (χ2v) is 12.7. The fourth-order valence-electron chi connectivity index (χ4n) is 4.58. The zero-order valence-corrected chi connectivity index (χ0v) is 24.5. The predicted molar refractivity (Wildman–Crippen MR) is 158 cm³/mol. The van der Waals surface area contributed by atoms with Gasteiger partial charge in [-0.15, -0.1) is 0 Å². The molecule has 3 N–H and O–H groups in total. The van der Waals surface area contributed by atoms with Crippen LogP contribution in [-0.4, -0.2) is 49.6 Å². The summed E-state index contributed by atoms with van der Waals surface area (Å²) in [4.78, 5) is 14.7. The molecule has 3 aromatic rings. The molecular formula is C30H36N4O6S. The van der Waals surface area contributed by atoms with Crippen LogP contribution in [0.2, 0.25) is 0 Å². The highest BCUT2D eigenvalue weighted by atomic mass is 32.2. The van der Waals surface area contributed by atoms with Gasteiger partial charge in [-0.1, -0.05) is 48.5 Å². The van der Waals surface area contributed by atoms with Crippen molar-refractivity contribution < 1.29 is 27.4 Å². The third kappa shape index (κ3) is 7.17. The lowest BCUT2D eigenvalue weighted by Crippen LogP contribution is -2.48. The molecule has 1 aliphatic heterocycles. The third-order valence-electron chi connectivity index (χ3n) is 6.57. The van der Waals surface area contributed by atoms with Gasteiger partial charge in [0.1, 0.15) is 12.2 Å². The lowest BCUT2D eigenvalue weighted by Gasteiger charge is -2.38. The molecule has 11 heteroatoms. The smallest absolute Gasteiger partial charge is 0.410 e. The Morgan fingerprint density at radius 2 is 1.68 bits per heavy atom. The predicted octanol–water partition coefficient (Wildman–Crippen LogP) is 4.84. The van der Waals surface area contributed by atoms with Crippen LogP contribution >= 0.6 is 0 Å². The lowest BCUT2D eigenvalue weighted by molar-refractivity contribution is 0.0162. The Bertz CT molecular complexity index is 1490. The highest BCUT2D eigenvalue weighted by Crippen LogP contribution is 2.40. The maximum Gasteiger partial charge on any atom is 0.410 e. The summed E-state index contributed by atoms with van der Waals surface area (Å²) in [7, 11) is -2.77. The highest BCUT2D eigenvalue weighted by Gasteiger charge is 2.39. The van der Waals surface area contributed by atoms with E-state index < -0.39 is 38.5 Å². The first-order chi connectivity index (χ1) is 19.4. The number of methoxy groups -OCH3 is 1. The molecule has 41 heavy (non-hydrogen) atoms. The fourth-order valence-corrected chi connectivity index (χ4v) is 5.92. The number of amidine groups is 1. The molecular weight excluding hydrogens is 544 g/mol. The van der Waals surface area contributed by atoms with E-state index in [1.807, 2.05) is 36.4 Å². The van der Waals surface area contributed by atoms with Crippen LogP contribution in [0.3, 0.4) is 0 Å². The minimum absolute atomic E-state index is 0.213. The van der Waals surface area contributed by atoms with Gasteiger partial charge < -0.3 is 14.2 Å². The quantitative estimate of drug-likeness (QED) is 0.175. The Morgan fingerprint density at radius 1 is 1.05 bits per heavy atom. The van der Waals surface area contributed by atoms with Gasteiger partial charge in [0.25, 0.3) is 0 Å². The minimum atomic E-state index is -4.27. The van der Waals surface area contributed by atoms with Crippen molar-refractivity contribution in [2.24, 2.45) is 5.84 Å². The van der Waals surface area contributed by atoms with Crippen molar-refractivity contribution in [1.82, 2.24) is 4.90 Å². The summed E-state index contributed by atoms with van der Waals surface area (Å²) in [5, 5.41) is 8.47. The Labute approximate surface area is 241 Å². The van der Waals surface area contributed by atoms with E-state index in [1.165, 1.54) is 12.0 Å². The molecule has 0 saturated carbocycles. The lowest BCUT2D eigenvalue weighted by atomic mass is 9.93. The topological polar surface area (TPSA) is 135 Å². The van der Waals surface area contributed by atoms with E-state index in [2.05, 4.69) is 0 Å². The molecule has 1 heterocycles. The zero-order valence-electron chi connectivity index (χ0n) is 23.7. The molecule has 0 radical (unpaired) electrons. The van der Waals surface area contributed by atoms with Crippen molar-refractivity contribution in [3.8, 4) is 11.5 Å². The van der Waals surface area contributed by atoms with Crippen molar-refractivity contribution in [3.63, 3.8) is 0 Å². The summed E-state index contributed by atoms with van der Waals surface area (Å²) >= 11 is 0. The maximum atomic E-state index is 13.6. The first kappa shape index (κ1) is 29.9. The Balaban J connectivity index is 1.69. The van der Waals surface area contributed by atoms with Crippen LogP contribution in [-0.2, 0) is 27.6 Å². The molecule has 1 unspecified atom stereocenters. The van der Waals surface area contributed by atoms with Crippen LogP contribution in [0.5, 0.6) is 11.5 Å². The summed E-state index contributed by atoms with van der Waals surface area (Å²) in [6.45, 7) is 5.77. The van der Waals surface area contributed by atoms with Gasteiger partial charge in [0.05, 0.1) is 24.6 Å². The largest absolute Gasteiger partial charge is 0.493 e. The SMILES string of the molecule is COc1cc2c(cc1OCc1ccccc1)CCN(C(=O)OC(C)(C)C)C2CS(=O)(=O)C(=N)N(N)c1ccccc1. The second kappa shape index (κ2) is 12.2. The Hall–Kier alpha value is -4.09. The number of ether oxygens (including phenoxy) is 3. The van der Waals surface area contributed by atoms with Gasteiger partial charge in [-0.25, -0.2) is 19.1 Å². The number of nitrogens with two attached hydrogens (primary N) is 1. The molecule has 1 atom stereocenters. The minimum Gasteiger partial charge on any atom is -0.493 e. The van der Waals surface area contributed by atoms with E-state index >= 15 is 0 Å². The monoisotopic (exact) mass is 580 g/mol. The van der Waals surface area contributed by atoms with Crippen LogP contribution in [0.15, 0.2) is 72.8 Å². The van der Waals surface area contributed by atoms with Crippen molar-refractivity contribution in [2.75, 3.05) is 24.4 Å². The van der Waals surface area contributed by atoms with Crippen LogP contribution in [0.4, 0.5) is 10.5 Å². The van der Waals surface area contributed by atoms with Gasteiger partial charge in [-0.2, -0.15) is 0 Å². The van der Waals surface area contributed by atoms with Crippen LogP contribution in [0.1, 0.15) is 43.5 Å². The first-order valence-corrected chi connectivity index (χ1v) is 14.8. The Morgan fingerprint density at radius 3 is 2.29 bits per heavy atom. The maximum absolute atomic E-state index is 13.6. The molecule has 0 aromatic heterocycles. The van der Waals surface area contributed by atoms with Gasteiger partial charge in [0.15, 0.2) is 11.5 Å². The molecule has 0 fully saturated rings. The summed E-state index contributed by atoms with van der Waals surface area (Å²) in [5.74, 6) is 6.36. The molecule has 1 amide bonds. The summed E-state index contributed by atoms with van der Waals surface area (Å²) in [6.07, 6.45) is -0.202. The van der Waals surface area contributed by atoms with Gasteiger partial charge in [0.2, 0.25) is 15.0 Å². The van der Waals surface area contributed by atoms with Gasteiger partial charge in [-0.05, 0) is 68.1 Å². The number of fused-ring (bicyclic) bond motifs is 1. The standard InChI is InChI=1S/C30H36N4O6S/c1-30(2,3)40-29(35)33-16-15-22-17-27(39-19-21-11-7-5-8-12-21)26(38-4)18-24(22)25(33)20-41(36,37)28(31)34(32)23-13-9-6-10-14-23/h5-14,17-18,25,31H,15-16,19-20,32H2,1-4H3. The van der Waals surface area contributed by atoms with E-state index in [0.717, 1.165) is 16.1 Å². The first-order valence-electron chi connectivity index (χ1n) is 13.2. The van der Waals surface area contributed by atoms with Crippen molar-refractivity contribution in [2.45, 2.75) is 45.4 Å². The molecule has 0 bridgehead atoms. The number of amides is 1. The number of carbonyl (C=O) groups is 1. The van der Waals surface area contributed by atoms with Crippen LogP contribution < -0.4 is 20.3 Å². The normalized spacial score (nSPS) is 15.0. The number of sulfone groups is 1. The number of hydrogen-bond acceptors (Lipinski definition) is 8. The molecule has 0 spiro atoms. The summed E-state index contributed by atoms with van der Waals surface area (Å²) in [5.41, 5.74) is 1.92. The highest BCUT2D eigenvalue weighted by molar-refractivity contribution is 8.06. The number of benzene rings is 3. The average molecular weight is 581 g/mol. The van der Waals surface area contributed by atoms with Crippen LogP contribution in [0.25, 0.3) is 0 Å². The number of anilines is 1. The van der Waals surface area contributed by atoms with Crippen molar-refractivity contribution in [1.29, 1.82) is 5.41 Å². The molecule has 0 saturated heterocycles. The number of rotatable bonds is 7. The van der Waals surface area contributed by atoms with E-state index in [9.17, 15) is 13.2 Å². The number of nitrogens with one attached hydrogen (secondary N) is 1. The van der Waals surface area contributed by atoms with E-state index in [1.54, 1.807) is 57.2 Å². The second-order valence-electron chi connectivity index (χ2n) is 10.7. The zero-order chi connectivity index (χ0) is 29.8. The van der Waals surface area contributed by atoms with E-state index in [0.29, 0.717) is 35.8 Å². The molecule has 218 valence electrons. The molecule has 3 aromatic carbocycles. The number of hydrogen-bond donors (Lipinski definition) is 2. The van der Waals surface area contributed by atoms with E-state index in [-0.39, 0.29) is 6.54 Å². The molecule has 0 aliphatic carbocycles. The number of para-hydroxylation sites is 1. The number of carbonyl (C=O) groups excluding carboxylic acids is 1. The van der Waals surface area contributed by atoms with Crippen molar-refractivity contribution in [3.05, 3.63) is 89.5 Å². The number of hydrazine groups is 1. The molecule has 4 rings (SSSR count). The van der Waals surface area contributed by atoms with Crippen LogP contribution in [0, 0.1) is 5.41 Å². The van der Waals surface area contributed by atoms with Gasteiger partial charge in [0, 0.05) is 6.54 Å². The van der Waals surface area contributed by atoms with Crippen molar-refractivity contribution >= 4 is 26.8 Å². The van der Waals surface area contributed by atoms with E-state index in [4.69, 9.17) is 25.5 Å². The summed E-state index contributed by atoms with van der Waals surface area (Å²) < 4.78 is 44.5. The average Bonchev–Trinajstić information content (AvgIpc) is 2.94. The Kier molecular flexibility index (Phi) is 8.89. The van der Waals surface area contributed by atoms with Gasteiger partial charge >= 0.3 is 6.09 Å². The fraction of sp³-hybridized carbons (Fsp3) is 0.333. The third-order valence-corrected chi connectivity index (χ3v) is 8.11. The number of nitrogens with zero attached hydrogens (tertiary/aromatic N) is 2. The molecule has 10 nitrogen and oxygen atoms in total. The summed E-state index contributed by atoms with van der Waals surface area (Å²) in [6, 6.07) is 20.6. The molecule has 1 aliphatic rings.